The van der Waals surface area contributed by atoms with Crippen LogP contribution in [0, 0.1) is 11.8 Å². The van der Waals surface area contributed by atoms with Crippen LogP contribution in [0.4, 0.5) is 0 Å². The second-order valence-corrected chi connectivity index (χ2v) is 4.57. The quantitative estimate of drug-likeness (QED) is 0.690. The molecule has 0 saturated carbocycles. The second kappa shape index (κ2) is 6.62. The van der Waals surface area contributed by atoms with Crippen molar-refractivity contribution < 1.29 is 14.3 Å². The molecule has 1 saturated heterocycles. The summed E-state index contributed by atoms with van der Waals surface area (Å²) in [5, 5.41) is 0. The molecular weight excluding hydrogens is 218 g/mol. The van der Waals surface area contributed by atoms with Gasteiger partial charge in [0.1, 0.15) is 0 Å². The summed E-state index contributed by atoms with van der Waals surface area (Å²) in [6.45, 7) is 7.89. The van der Waals surface area contributed by atoms with Gasteiger partial charge in [0.25, 0.3) is 0 Å². The Labute approximate surface area is 103 Å². The van der Waals surface area contributed by atoms with Crippen molar-refractivity contribution in [2.45, 2.75) is 40.0 Å². The fraction of sp³-hybridized carbons (Fsp3) is 0.846. The SMILES string of the molecule is CCOC(=O)C[C@H]1CC(=O)N(CC)C[C@@H]1CC. The fourth-order valence-corrected chi connectivity index (χ4v) is 2.49. The number of piperidine rings is 1. The van der Waals surface area contributed by atoms with E-state index in [-0.39, 0.29) is 17.8 Å². The number of ether oxygens (including phenoxy) is 1. The average molecular weight is 241 g/mol. The molecule has 0 aromatic rings. The molecule has 1 amide bonds. The van der Waals surface area contributed by atoms with E-state index in [4.69, 9.17) is 4.74 Å². The van der Waals surface area contributed by atoms with Crippen LogP contribution in [0.15, 0.2) is 0 Å². The second-order valence-electron chi connectivity index (χ2n) is 4.57. The lowest BCUT2D eigenvalue weighted by molar-refractivity contribution is -0.147. The zero-order chi connectivity index (χ0) is 12.8. The van der Waals surface area contributed by atoms with Gasteiger partial charge < -0.3 is 9.64 Å². The van der Waals surface area contributed by atoms with Gasteiger partial charge in [-0.1, -0.05) is 13.3 Å². The summed E-state index contributed by atoms with van der Waals surface area (Å²) in [5.41, 5.74) is 0. The summed E-state index contributed by atoms with van der Waals surface area (Å²) in [6, 6.07) is 0. The molecule has 0 N–H and O–H groups in total. The lowest BCUT2D eigenvalue weighted by atomic mass is 9.81. The van der Waals surface area contributed by atoms with Crippen LogP contribution in [0.2, 0.25) is 0 Å². The van der Waals surface area contributed by atoms with Crippen LogP contribution in [-0.4, -0.2) is 36.5 Å². The van der Waals surface area contributed by atoms with E-state index >= 15 is 0 Å². The molecule has 1 rings (SSSR count). The van der Waals surface area contributed by atoms with Gasteiger partial charge in [0.05, 0.1) is 6.61 Å². The monoisotopic (exact) mass is 241 g/mol. The highest BCUT2D eigenvalue weighted by Gasteiger charge is 2.33. The summed E-state index contributed by atoms with van der Waals surface area (Å²) in [7, 11) is 0. The Morgan fingerprint density at radius 3 is 2.59 bits per heavy atom. The van der Waals surface area contributed by atoms with Crippen molar-refractivity contribution in [3.63, 3.8) is 0 Å². The van der Waals surface area contributed by atoms with Gasteiger partial charge >= 0.3 is 5.97 Å². The fourth-order valence-electron chi connectivity index (χ4n) is 2.49. The van der Waals surface area contributed by atoms with Gasteiger partial charge in [-0.25, -0.2) is 0 Å². The number of esters is 1. The Kier molecular flexibility index (Phi) is 5.45. The predicted molar refractivity (Wildman–Crippen MR) is 65.4 cm³/mol. The van der Waals surface area contributed by atoms with Gasteiger partial charge in [0.15, 0.2) is 0 Å². The van der Waals surface area contributed by atoms with Crippen molar-refractivity contribution in [1.29, 1.82) is 0 Å². The highest BCUT2D eigenvalue weighted by molar-refractivity contribution is 5.78. The van der Waals surface area contributed by atoms with E-state index in [9.17, 15) is 9.59 Å². The van der Waals surface area contributed by atoms with Crippen LogP contribution >= 0.6 is 0 Å². The molecule has 98 valence electrons. The van der Waals surface area contributed by atoms with Gasteiger partial charge in [-0.3, -0.25) is 9.59 Å². The highest BCUT2D eigenvalue weighted by Crippen LogP contribution is 2.29. The number of carbonyl (C=O) groups excluding carboxylic acids is 2. The highest BCUT2D eigenvalue weighted by atomic mass is 16.5. The third-order valence-electron chi connectivity index (χ3n) is 3.55. The standard InChI is InChI=1S/C13H23NO3/c1-4-10-9-14(5-2)12(15)7-11(10)8-13(16)17-6-3/h10-11H,4-9H2,1-3H3/t10-,11+/m0/s1. The number of nitrogens with zero attached hydrogens (tertiary/aromatic N) is 1. The first kappa shape index (κ1) is 14.0. The molecule has 1 fully saturated rings. The Morgan fingerprint density at radius 2 is 2.06 bits per heavy atom. The number of carbonyl (C=O) groups is 2. The largest absolute Gasteiger partial charge is 0.466 e. The van der Waals surface area contributed by atoms with E-state index in [2.05, 4.69) is 6.92 Å². The van der Waals surface area contributed by atoms with E-state index < -0.39 is 0 Å². The molecule has 17 heavy (non-hydrogen) atoms. The lowest BCUT2D eigenvalue weighted by Crippen LogP contribution is -2.44. The van der Waals surface area contributed by atoms with Crippen LogP contribution in [-0.2, 0) is 14.3 Å². The molecule has 0 radical (unpaired) electrons. The molecule has 1 heterocycles. The van der Waals surface area contributed by atoms with E-state index in [0.29, 0.717) is 25.4 Å². The van der Waals surface area contributed by atoms with E-state index in [0.717, 1.165) is 19.5 Å². The van der Waals surface area contributed by atoms with Crippen LogP contribution in [0.5, 0.6) is 0 Å². The van der Waals surface area contributed by atoms with Crippen molar-refractivity contribution in [3.8, 4) is 0 Å². The molecular formula is C13H23NO3. The molecule has 0 bridgehead atoms. The first-order chi connectivity index (χ1) is 8.12. The van der Waals surface area contributed by atoms with E-state index in [1.807, 2.05) is 11.8 Å². The zero-order valence-electron chi connectivity index (χ0n) is 11.1. The molecule has 0 aliphatic carbocycles. The van der Waals surface area contributed by atoms with Gasteiger partial charge in [0.2, 0.25) is 5.91 Å². The first-order valence-electron chi connectivity index (χ1n) is 6.55. The van der Waals surface area contributed by atoms with E-state index in [1.54, 1.807) is 6.92 Å². The van der Waals surface area contributed by atoms with Crippen molar-refractivity contribution in [1.82, 2.24) is 4.90 Å². The number of rotatable bonds is 5. The minimum absolute atomic E-state index is 0.161. The maximum Gasteiger partial charge on any atom is 0.306 e. The molecule has 4 nitrogen and oxygen atoms in total. The topological polar surface area (TPSA) is 46.6 Å². The van der Waals surface area contributed by atoms with E-state index in [1.165, 1.54) is 0 Å². The summed E-state index contributed by atoms with van der Waals surface area (Å²) < 4.78 is 4.96. The number of likely N-dealkylation sites (tertiary alicyclic amines) is 1. The smallest absolute Gasteiger partial charge is 0.306 e. The summed E-state index contributed by atoms with van der Waals surface area (Å²) >= 11 is 0. The molecule has 4 heteroatoms. The number of hydrogen-bond acceptors (Lipinski definition) is 3. The Morgan fingerprint density at radius 1 is 1.35 bits per heavy atom. The average Bonchev–Trinajstić information content (AvgIpc) is 2.29. The summed E-state index contributed by atoms with van der Waals surface area (Å²) in [4.78, 5) is 25.2. The van der Waals surface area contributed by atoms with Crippen LogP contribution in [0.25, 0.3) is 0 Å². The van der Waals surface area contributed by atoms with Gasteiger partial charge in [-0.05, 0) is 25.7 Å². The van der Waals surface area contributed by atoms with Gasteiger partial charge in [-0.15, -0.1) is 0 Å². The molecule has 0 aromatic heterocycles. The summed E-state index contributed by atoms with van der Waals surface area (Å²) in [5.74, 6) is 0.589. The first-order valence-corrected chi connectivity index (χ1v) is 6.55. The van der Waals surface area contributed by atoms with Gasteiger partial charge in [0, 0.05) is 25.9 Å². The summed E-state index contributed by atoms with van der Waals surface area (Å²) in [6.07, 6.45) is 1.88. The molecule has 0 unspecified atom stereocenters. The van der Waals surface area contributed by atoms with Crippen molar-refractivity contribution in [3.05, 3.63) is 0 Å². The number of amides is 1. The Balaban J connectivity index is 2.58. The Bertz CT molecular complexity index is 276. The maximum absolute atomic E-state index is 11.8. The van der Waals surface area contributed by atoms with Crippen LogP contribution in [0.3, 0.4) is 0 Å². The third-order valence-corrected chi connectivity index (χ3v) is 3.55. The van der Waals surface area contributed by atoms with Crippen molar-refractivity contribution in [2.24, 2.45) is 11.8 Å². The molecule has 2 atom stereocenters. The van der Waals surface area contributed by atoms with Gasteiger partial charge in [-0.2, -0.15) is 0 Å². The molecule has 0 aromatic carbocycles. The Hall–Kier alpha value is -1.06. The maximum atomic E-state index is 11.8. The van der Waals surface area contributed by atoms with Crippen molar-refractivity contribution >= 4 is 11.9 Å². The number of hydrogen-bond donors (Lipinski definition) is 0. The van der Waals surface area contributed by atoms with Crippen LogP contribution < -0.4 is 0 Å². The predicted octanol–water partition coefficient (Wildman–Crippen LogP) is 1.83. The third kappa shape index (κ3) is 3.72. The van der Waals surface area contributed by atoms with Crippen LogP contribution in [0.1, 0.15) is 40.0 Å². The molecule has 0 spiro atoms. The lowest BCUT2D eigenvalue weighted by Gasteiger charge is -2.37. The zero-order valence-corrected chi connectivity index (χ0v) is 11.1. The molecule has 1 aliphatic heterocycles. The normalized spacial score (nSPS) is 24.9. The van der Waals surface area contributed by atoms with Crippen molar-refractivity contribution in [2.75, 3.05) is 19.7 Å². The minimum Gasteiger partial charge on any atom is -0.466 e. The molecule has 1 aliphatic rings. The minimum atomic E-state index is -0.173.